The molecule has 24 heavy (non-hydrogen) atoms. The van der Waals surface area contributed by atoms with Gasteiger partial charge in [0.2, 0.25) is 0 Å². The van der Waals surface area contributed by atoms with Gasteiger partial charge >= 0.3 is 6.03 Å². The number of carbonyl (C=O) groups is 1. The summed E-state index contributed by atoms with van der Waals surface area (Å²) in [5.41, 5.74) is 1.75. The molecule has 0 spiro atoms. The first-order valence-electron chi connectivity index (χ1n) is 8.37. The summed E-state index contributed by atoms with van der Waals surface area (Å²) in [6, 6.07) is 13.2. The molecule has 1 aromatic carbocycles. The number of anilines is 1. The second-order valence-corrected chi connectivity index (χ2v) is 5.73. The third-order valence-electron chi connectivity index (χ3n) is 3.56. The number of carbonyl (C=O) groups excluding carboxylic acids is 1. The summed E-state index contributed by atoms with van der Waals surface area (Å²) in [4.78, 5) is 16.1. The van der Waals surface area contributed by atoms with E-state index in [0.717, 1.165) is 36.4 Å². The topological polar surface area (TPSA) is 63.2 Å². The van der Waals surface area contributed by atoms with E-state index in [1.54, 1.807) is 6.20 Å². The minimum atomic E-state index is -0.181. The van der Waals surface area contributed by atoms with Crippen LogP contribution in [0.3, 0.4) is 0 Å². The molecule has 2 aromatic rings. The minimum Gasteiger partial charge on any atom is -0.493 e. The van der Waals surface area contributed by atoms with Crippen LogP contribution in [0.2, 0.25) is 0 Å². The normalized spacial score (nSPS) is 11.6. The van der Waals surface area contributed by atoms with Crippen molar-refractivity contribution in [2.45, 2.75) is 39.2 Å². The van der Waals surface area contributed by atoms with E-state index in [1.165, 1.54) is 0 Å². The highest BCUT2D eigenvalue weighted by Crippen LogP contribution is 2.16. The van der Waals surface area contributed by atoms with Crippen molar-refractivity contribution >= 4 is 11.7 Å². The molecule has 1 atom stereocenters. The minimum absolute atomic E-state index is 0.171. The molecule has 0 unspecified atom stereocenters. The van der Waals surface area contributed by atoms with Crippen molar-refractivity contribution in [1.82, 2.24) is 10.3 Å². The van der Waals surface area contributed by atoms with Gasteiger partial charge in [-0.25, -0.2) is 4.79 Å². The first kappa shape index (κ1) is 17.8. The zero-order valence-electron chi connectivity index (χ0n) is 14.3. The van der Waals surface area contributed by atoms with Crippen LogP contribution in [0.4, 0.5) is 10.5 Å². The highest BCUT2D eigenvalue weighted by atomic mass is 16.5. The number of benzene rings is 1. The molecule has 5 heteroatoms. The summed E-state index contributed by atoms with van der Waals surface area (Å²) >= 11 is 0. The van der Waals surface area contributed by atoms with Crippen LogP contribution in [0.5, 0.6) is 5.75 Å². The molecule has 0 saturated carbocycles. The molecule has 0 saturated heterocycles. The monoisotopic (exact) mass is 327 g/mol. The molecule has 1 heterocycles. The molecule has 2 rings (SSSR count). The van der Waals surface area contributed by atoms with E-state index in [1.807, 2.05) is 49.4 Å². The lowest BCUT2D eigenvalue weighted by Gasteiger charge is -2.14. The zero-order chi connectivity index (χ0) is 17.2. The van der Waals surface area contributed by atoms with E-state index in [2.05, 4.69) is 22.5 Å². The fourth-order valence-electron chi connectivity index (χ4n) is 2.35. The Balaban J connectivity index is 1.75. The molecule has 0 bridgehead atoms. The van der Waals surface area contributed by atoms with Crippen molar-refractivity contribution in [3.63, 3.8) is 0 Å². The average molecular weight is 327 g/mol. The quantitative estimate of drug-likeness (QED) is 0.770. The molecule has 0 aliphatic rings. The zero-order valence-corrected chi connectivity index (χ0v) is 14.3. The first-order valence-corrected chi connectivity index (χ1v) is 8.37. The standard InChI is InChI=1S/C19H25N3O2/c1-3-6-15(2)21-19(23)22-17-8-10-18(11-9-17)24-14-12-16-7-4-5-13-20-16/h4-5,7-11,13,15H,3,6,12,14H2,1-2H3,(H2,21,22,23)/t15-/m1/s1. The molecule has 0 aliphatic carbocycles. The molecule has 5 nitrogen and oxygen atoms in total. The summed E-state index contributed by atoms with van der Waals surface area (Å²) in [7, 11) is 0. The Labute approximate surface area is 143 Å². The van der Waals surface area contributed by atoms with Crippen LogP contribution < -0.4 is 15.4 Å². The molecule has 128 valence electrons. The predicted molar refractivity (Wildman–Crippen MR) is 96.4 cm³/mol. The van der Waals surface area contributed by atoms with Crippen LogP contribution in [0.25, 0.3) is 0 Å². The molecule has 0 radical (unpaired) electrons. The summed E-state index contributed by atoms with van der Waals surface area (Å²) in [5, 5.41) is 5.73. The lowest BCUT2D eigenvalue weighted by molar-refractivity contribution is 0.248. The van der Waals surface area contributed by atoms with E-state index in [-0.39, 0.29) is 12.1 Å². The van der Waals surface area contributed by atoms with Crippen LogP contribution in [-0.2, 0) is 6.42 Å². The number of ether oxygens (including phenoxy) is 1. The van der Waals surface area contributed by atoms with E-state index in [0.29, 0.717) is 6.61 Å². The largest absolute Gasteiger partial charge is 0.493 e. The van der Waals surface area contributed by atoms with Gasteiger partial charge < -0.3 is 15.4 Å². The fourth-order valence-corrected chi connectivity index (χ4v) is 2.35. The molecule has 0 aliphatic heterocycles. The van der Waals surface area contributed by atoms with Crippen LogP contribution >= 0.6 is 0 Å². The smallest absolute Gasteiger partial charge is 0.319 e. The second-order valence-electron chi connectivity index (χ2n) is 5.73. The van der Waals surface area contributed by atoms with Gasteiger partial charge in [-0.2, -0.15) is 0 Å². The molecule has 2 N–H and O–H groups in total. The summed E-state index contributed by atoms with van der Waals surface area (Å²) in [6.07, 6.45) is 4.56. The highest BCUT2D eigenvalue weighted by molar-refractivity contribution is 5.89. The van der Waals surface area contributed by atoms with E-state index in [4.69, 9.17) is 4.74 Å². The Hall–Kier alpha value is -2.56. The second kappa shape index (κ2) is 9.55. The van der Waals surface area contributed by atoms with Crippen LogP contribution in [0.1, 0.15) is 32.4 Å². The van der Waals surface area contributed by atoms with E-state index >= 15 is 0 Å². The maximum Gasteiger partial charge on any atom is 0.319 e. The van der Waals surface area contributed by atoms with Gasteiger partial charge in [-0.15, -0.1) is 0 Å². The Morgan fingerprint density at radius 1 is 1.21 bits per heavy atom. The van der Waals surface area contributed by atoms with Crippen molar-refractivity contribution in [2.24, 2.45) is 0 Å². The first-order chi connectivity index (χ1) is 11.7. The summed E-state index contributed by atoms with van der Waals surface area (Å²) in [5.74, 6) is 0.774. The van der Waals surface area contributed by atoms with Crippen molar-refractivity contribution < 1.29 is 9.53 Å². The highest BCUT2D eigenvalue weighted by Gasteiger charge is 2.06. The lowest BCUT2D eigenvalue weighted by Crippen LogP contribution is -2.35. The summed E-state index contributed by atoms with van der Waals surface area (Å²) < 4.78 is 5.70. The number of rotatable bonds is 8. The van der Waals surface area contributed by atoms with Gasteiger partial charge in [-0.05, 0) is 49.7 Å². The van der Waals surface area contributed by atoms with Crippen LogP contribution in [0, 0.1) is 0 Å². The van der Waals surface area contributed by atoms with Crippen molar-refractivity contribution in [3.05, 3.63) is 54.4 Å². The maximum atomic E-state index is 11.9. The van der Waals surface area contributed by atoms with Gasteiger partial charge in [0.15, 0.2) is 0 Å². The summed E-state index contributed by atoms with van der Waals surface area (Å²) in [6.45, 7) is 4.67. The van der Waals surface area contributed by atoms with Crippen LogP contribution in [-0.4, -0.2) is 23.7 Å². The maximum absolute atomic E-state index is 11.9. The van der Waals surface area contributed by atoms with Crippen LogP contribution in [0.15, 0.2) is 48.7 Å². The van der Waals surface area contributed by atoms with Crippen molar-refractivity contribution in [1.29, 1.82) is 0 Å². The van der Waals surface area contributed by atoms with Gasteiger partial charge in [-0.1, -0.05) is 19.4 Å². The number of urea groups is 1. The Morgan fingerprint density at radius 3 is 2.67 bits per heavy atom. The predicted octanol–water partition coefficient (Wildman–Crippen LogP) is 4.01. The number of aromatic nitrogens is 1. The van der Waals surface area contributed by atoms with Crippen molar-refractivity contribution in [3.8, 4) is 5.75 Å². The van der Waals surface area contributed by atoms with E-state index < -0.39 is 0 Å². The Bertz CT molecular complexity index is 614. The number of pyridine rings is 1. The molecule has 2 amide bonds. The Morgan fingerprint density at radius 2 is 2.00 bits per heavy atom. The van der Waals surface area contributed by atoms with Gasteiger partial charge in [0.05, 0.1) is 6.61 Å². The van der Waals surface area contributed by atoms with Gasteiger partial charge in [-0.3, -0.25) is 4.98 Å². The van der Waals surface area contributed by atoms with E-state index in [9.17, 15) is 4.79 Å². The Kier molecular flexibility index (Phi) is 7.08. The number of amides is 2. The number of hydrogen-bond donors (Lipinski definition) is 2. The van der Waals surface area contributed by atoms with Crippen molar-refractivity contribution in [2.75, 3.05) is 11.9 Å². The van der Waals surface area contributed by atoms with Gasteiger partial charge in [0.1, 0.15) is 5.75 Å². The lowest BCUT2D eigenvalue weighted by atomic mass is 10.2. The molecule has 0 fully saturated rings. The third kappa shape index (κ3) is 6.28. The SMILES string of the molecule is CCC[C@@H](C)NC(=O)Nc1ccc(OCCc2ccccn2)cc1. The third-order valence-corrected chi connectivity index (χ3v) is 3.56. The molecule has 1 aromatic heterocycles. The number of nitrogens with zero attached hydrogens (tertiary/aromatic N) is 1. The van der Waals surface area contributed by atoms with Gasteiger partial charge in [0, 0.05) is 30.0 Å². The average Bonchev–Trinajstić information content (AvgIpc) is 2.57. The van der Waals surface area contributed by atoms with Gasteiger partial charge in [0.25, 0.3) is 0 Å². The number of hydrogen-bond acceptors (Lipinski definition) is 3. The fraction of sp³-hybridized carbons (Fsp3) is 0.368. The number of nitrogens with one attached hydrogen (secondary N) is 2. The molecular weight excluding hydrogens is 302 g/mol. The molecular formula is C19H25N3O2.